The van der Waals surface area contributed by atoms with Gasteiger partial charge in [-0.05, 0) is 30.3 Å². The van der Waals surface area contributed by atoms with Gasteiger partial charge >= 0.3 is 0 Å². The molecular weight excluding hydrogens is 257 g/mol. The molecule has 0 bridgehead atoms. The van der Waals surface area contributed by atoms with Crippen molar-refractivity contribution in [2.45, 2.75) is 0 Å². The van der Waals surface area contributed by atoms with Crippen LogP contribution in [-0.4, -0.2) is 4.57 Å². The lowest BCUT2D eigenvalue weighted by Crippen LogP contribution is -2.18. The molecular formula is C13H7ClFNO2. The molecule has 0 spiro atoms. The van der Waals surface area contributed by atoms with Crippen molar-refractivity contribution in [1.29, 1.82) is 0 Å². The Balaban J connectivity index is 2.32. The van der Waals surface area contributed by atoms with E-state index >= 15 is 0 Å². The first-order valence-corrected chi connectivity index (χ1v) is 5.59. The Morgan fingerprint density at radius 2 is 1.89 bits per heavy atom. The minimum Gasteiger partial charge on any atom is -0.461 e. The maximum Gasteiger partial charge on any atom is 0.266 e. The van der Waals surface area contributed by atoms with E-state index in [0.29, 0.717) is 10.7 Å². The van der Waals surface area contributed by atoms with Crippen LogP contribution in [0.3, 0.4) is 0 Å². The summed E-state index contributed by atoms with van der Waals surface area (Å²) >= 11 is 5.77. The first kappa shape index (κ1) is 11.0. The summed E-state index contributed by atoms with van der Waals surface area (Å²) in [4.78, 5) is 12.1. The van der Waals surface area contributed by atoms with E-state index in [4.69, 9.17) is 16.0 Å². The van der Waals surface area contributed by atoms with Gasteiger partial charge in [-0.25, -0.2) is 4.39 Å². The molecule has 1 aromatic carbocycles. The smallest absolute Gasteiger partial charge is 0.266 e. The standard InChI is InChI=1S/C13H7ClFNO2/c14-8-1-3-9(4-2-8)16-7-11(15)12-10(13(16)17)5-6-18-12/h1-7H. The van der Waals surface area contributed by atoms with Crippen LogP contribution in [0.1, 0.15) is 0 Å². The third-order valence-corrected chi connectivity index (χ3v) is 2.93. The van der Waals surface area contributed by atoms with Gasteiger partial charge < -0.3 is 4.42 Å². The van der Waals surface area contributed by atoms with E-state index in [1.54, 1.807) is 24.3 Å². The van der Waals surface area contributed by atoms with Gasteiger partial charge in [0, 0.05) is 10.7 Å². The fraction of sp³-hybridized carbons (Fsp3) is 0. The van der Waals surface area contributed by atoms with Crippen molar-refractivity contribution in [2.75, 3.05) is 0 Å². The van der Waals surface area contributed by atoms with Crippen LogP contribution < -0.4 is 5.56 Å². The summed E-state index contributed by atoms with van der Waals surface area (Å²) < 4.78 is 19.9. The lowest BCUT2D eigenvalue weighted by atomic mass is 10.2. The summed E-state index contributed by atoms with van der Waals surface area (Å²) in [6.45, 7) is 0. The van der Waals surface area contributed by atoms with E-state index in [1.165, 1.54) is 16.9 Å². The first-order valence-electron chi connectivity index (χ1n) is 5.21. The topological polar surface area (TPSA) is 35.1 Å². The highest BCUT2D eigenvalue weighted by Crippen LogP contribution is 2.18. The van der Waals surface area contributed by atoms with Crippen molar-refractivity contribution >= 4 is 22.6 Å². The molecule has 18 heavy (non-hydrogen) atoms. The summed E-state index contributed by atoms with van der Waals surface area (Å²) in [6, 6.07) is 8.03. The number of benzene rings is 1. The van der Waals surface area contributed by atoms with E-state index < -0.39 is 5.82 Å². The van der Waals surface area contributed by atoms with Crippen LogP contribution in [0, 0.1) is 5.82 Å². The van der Waals surface area contributed by atoms with Crippen molar-refractivity contribution in [3.05, 3.63) is 64.0 Å². The fourth-order valence-electron chi connectivity index (χ4n) is 1.82. The second kappa shape index (κ2) is 3.99. The zero-order chi connectivity index (χ0) is 12.7. The Labute approximate surface area is 106 Å². The SMILES string of the molecule is O=c1c2ccoc2c(F)cn1-c1ccc(Cl)cc1. The second-order valence-electron chi connectivity index (χ2n) is 3.79. The molecule has 3 aromatic rings. The number of hydrogen-bond acceptors (Lipinski definition) is 2. The molecule has 0 radical (unpaired) electrons. The fourth-order valence-corrected chi connectivity index (χ4v) is 1.94. The molecule has 2 heterocycles. The van der Waals surface area contributed by atoms with Crippen molar-refractivity contribution in [2.24, 2.45) is 0 Å². The molecule has 0 fully saturated rings. The molecule has 0 saturated heterocycles. The Morgan fingerprint density at radius 1 is 1.17 bits per heavy atom. The summed E-state index contributed by atoms with van der Waals surface area (Å²) in [5, 5.41) is 0.765. The number of halogens is 2. The van der Waals surface area contributed by atoms with Crippen LogP contribution in [0.25, 0.3) is 16.7 Å². The minimum atomic E-state index is -0.579. The molecule has 2 aromatic heterocycles. The maximum atomic E-state index is 13.7. The number of nitrogens with zero attached hydrogens (tertiary/aromatic N) is 1. The quantitative estimate of drug-likeness (QED) is 0.675. The molecule has 0 unspecified atom stereocenters. The number of rotatable bonds is 1. The normalized spacial score (nSPS) is 11.0. The summed E-state index contributed by atoms with van der Waals surface area (Å²) in [5.41, 5.74) is 0.194. The Bertz CT molecular complexity index is 774. The molecule has 0 atom stereocenters. The van der Waals surface area contributed by atoms with Gasteiger partial charge in [0.05, 0.1) is 17.8 Å². The van der Waals surface area contributed by atoms with Gasteiger partial charge in [-0.3, -0.25) is 9.36 Å². The molecule has 0 N–H and O–H groups in total. The first-order chi connectivity index (χ1) is 8.66. The molecule has 0 aliphatic rings. The highest BCUT2D eigenvalue weighted by molar-refractivity contribution is 6.30. The molecule has 0 aliphatic heterocycles. The van der Waals surface area contributed by atoms with Crippen LogP contribution >= 0.6 is 11.6 Å². The predicted molar refractivity (Wildman–Crippen MR) is 66.8 cm³/mol. The average Bonchev–Trinajstić information content (AvgIpc) is 2.85. The lowest BCUT2D eigenvalue weighted by molar-refractivity contribution is 0.553. The minimum absolute atomic E-state index is 0.0230. The zero-order valence-electron chi connectivity index (χ0n) is 9.06. The predicted octanol–water partition coefficient (Wildman–Crippen LogP) is 3.38. The van der Waals surface area contributed by atoms with Gasteiger partial charge in [0.25, 0.3) is 5.56 Å². The highest BCUT2D eigenvalue weighted by Gasteiger charge is 2.12. The number of aromatic nitrogens is 1. The molecule has 3 nitrogen and oxygen atoms in total. The van der Waals surface area contributed by atoms with Crippen molar-refractivity contribution < 1.29 is 8.81 Å². The monoisotopic (exact) mass is 263 g/mol. The number of hydrogen-bond donors (Lipinski definition) is 0. The molecule has 3 rings (SSSR count). The lowest BCUT2D eigenvalue weighted by Gasteiger charge is -2.06. The average molecular weight is 264 g/mol. The van der Waals surface area contributed by atoms with E-state index in [2.05, 4.69) is 0 Å². The largest absolute Gasteiger partial charge is 0.461 e. The van der Waals surface area contributed by atoms with Crippen LogP contribution in [0.5, 0.6) is 0 Å². The van der Waals surface area contributed by atoms with Gasteiger partial charge in [-0.15, -0.1) is 0 Å². The second-order valence-corrected chi connectivity index (χ2v) is 4.23. The maximum absolute atomic E-state index is 13.7. The van der Waals surface area contributed by atoms with Gasteiger partial charge in [-0.1, -0.05) is 11.6 Å². The molecule has 0 saturated carbocycles. The summed E-state index contributed by atoms with van der Waals surface area (Å²) in [6.07, 6.45) is 2.40. The summed E-state index contributed by atoms with van der Waals surface area (Å²) in [5.74, 6) is -0.579. The molecule has 5 heteroatoms. The van der Waals surface area contributed by atoms with E-state index in [1.807, 2.05) is 0 Å². The van der Waals surface area contributed by atoms with E-state index in [-0.39, 0.29) is 16.5 Å². The van der Waals surface area contributed by atoms with Crippen LogP contribution in [0.4, 0.5) is 4.39 Å². The van der Waals surface area contributed by atoms with Crippen molar-refractivity contribution in [1.82, 2.24) is 4.57 Å². The van der Waals surface area contributed by atoms with Crippen LogP contribution in [0.2, 0.25) is 5.02 Å². The van der Waals surface area contributed by atoms with Crippen molar-refractivity contribution in [3.63, 3.8) is 0 Å². The molecule has 0 amide bonds. The Hall–Kier alpha value is -2.07. The Morgan fingerprint density at radius 3 is 2.61 bits per heavy atom. The molecule has 90 valence electrons. The van der Waals surface area contributed by atoms with Gasteiger partial charge in [-0.2, -0.15) is 0 Å². The van der Waals surface area contributed by atoms with Gasteiger partial charge in [0.15, 0.2) is 11.4 Å². The number of fused-ring (bicyclic) bond motifs is 1. The van der Waals surface area contributed by atoms with Crippen LogP contribution in [0.15, 0.2) is 52.0 Å². The third kappa shape index (κ3) is 1.62. The van der Waals surface area contributed by atoms with Gasteiger partial charge in [0.2, 0.25) is 0 Å². The number of pyridine rings is 1. The van der Waals surface area contributed by atoms with E-state index in [0.717, 1.165) is 6.20 Å². The van der Waals surface area contributed by atoms with Crippen LogP contribution in [-0.2, 0) is 0 Å². The van der Waals surface area contributed by atoms with Gasteiger partial charge in [0.1, 0.15) is 0 Å². The van der Waals surface area contributed by atoms with E-state index in [9.17, 15) is 9.18 Å². The Kier molecular flexibility index (Phi) is 2.45. The third-order valence-electron chi connectivity index (χ3n) is 2.68. The van der Waals surface area contributed by atoms with Crippen molar-refractivity contribution in [3.8, 4) is 5.69 Å². The summed E-state index contributed by atoms with van der Waals surface area (Å²) in [7, 11) is 0. The molecule has 0 aliphatic carbocycles. The number of furan rings is 1. The highest BCUT2D eigenvalue weighted by atomic mass is 35.5. The zero-order valence-corrected chi connectivity index (χ0v) is 9.82.